The second-order valence-corrected chi connectivity index (χ2v) is 8.12. The van der Waals surface area contributed by atoms with Gasteiger partial charge in [0.25, 0.3) is 0 Å². The number of methoxy groups -OCH3 is 1. The number of hydrogen-bond donors (Lipinski definition) is 1. The number of carbonyl (C=O) groups excluding carboxylic acids is 2. The lowest BCUT2D eigenvalue weighted by atomic mass is 9.92. The van der Waals surface area contributed by atoms with Crippen molar-refractivity contribution >= 4 is 17.6 Å². The first kappa shape index (κ1) is 23.6. The van der Waals surface area contributed by atoms with Gasteiger partial charge >= 0.3 is 0 Å². The molecule has 164 valence electrons. The van der Waals surface area contributed by atoms with Gasteiger partial charge in [-0.2, -0.15) is 5.10 Å². The normalized spacial score (nSPS) is 11.4. The van der Waals surface area contributed by atoms with Crippen molar-refractivity contribution in [1.29, 1.82) is 0 Å². The predicted octanol–water partition coefficient (Wildman–Crippen LogP) is 2.35. The molecule has 0 saturated carbocycles. The van der Waals surface area contributed by atoms with Crippen LogP contribution in [0.1, 0.15) is 32.0 Å². The van der Waals surface area contributed by atoms with E-state index in [-0.39, 0.29) is 30.4 Å². The van der Waals surface area contributed by atoms with E-state index in [4.69, 9.17) is 9.47 Å². The van der Waals surface area contributed by atoms with Gasteiger partial charge in [0.1, 0.15) is 19.0 Å². The molecule has 1 N–H and O–H groups in total. The van der Waals surface area contributed by atoms with Gasteiger partial charge in [-0.3, -0.25) is 14.3 Å². The van der Waals surface area contributed by atoms with Crippen molar-refractivity contribution in [3.63, 3.8) is 0 Å². The quantitative estimate of drug-likeness (QED) is 0.643. The van der Waals surface area contributed by atoms with Crippen LogP contribution in [0.4, 0.5) is 5.82 Å². The summed E-state index contributed by atoms with van der Waals surface area (Å²) in [6.45, 7) is 6.94. The molecular weight excluding hydrogens is 384 g/mol. The molecule has 0 radical (unpaired) electrons. The van der Waals surface area contributed by atoms with Crippen LogP contribution in [-0.2, 0) is 38.1 Å². The number of ether oxygens (including phenoxy) is 2. The second-order valence-electron chi connectivity index (χ2n) is 8.12. The standard InChI is InChI=1S/C22H32N4O4/c1-22(2,3)18-13-19(25(4)24-18)23-20(27)14-26(11-12-29-5)21(28)16-30-15-17-9-7-6-8-10-17/h6-10,13H,11-12,14-16H2,1-5H3,(H,23,27). The van der Waals surface area contributed by atoms with E-state index in [0.29, 0.717) is 25.6 Å². The largest absolute Gasteiger partial charge is 0.383 e. The Hall–Kier alpha value is -2.71. The van der Waals surface area contributed by atoms with Crippen molar-refractivity contribution in [3.05, 3.63) is 47.7 Å². The summed E-state index contributed by atoms with van der Waals surface area (Å²) in [5.74, 6) is 0.0221. The molecule has 8 nitrogen and oxygen atoms in total. The zero-order valence-corrected chi connectivity index (χ0v) is 18.5. The maximum Gasteiger partial charge on any atom is 0.249 e. The van der Waals surface area contributed by atoms with E-state index in [1.165, 1.54) is 4.90 Å². The molecule has 0 unspecified atom stereocenters. The Morgan fingerprint density at radius 2 is 1.90 bits per heavy atom. The highest BCUT2D eigenvalue weighted by Gasteiger charge is 2.21. The van der Waals surface area contributed by atoms with E-state index in [9.17, 15) is 9.59 Å². The minimum Gasteiger partial charge on any atom is -0.383 e. The second kappa shape index (κ2) is 10.9. The van der Waals surface area contributed by atoms with Crippen molar-refractivity contribution in [2.75, 3.05) is 38.7 Å². The van der Waals surface area contributed by atoms with E-state index < -0.39 is 0 Å². The molecule has 0 aliphatic carbocycles. The van der Waals surface area contributed by atoms with E-state index in [0.717, 1.165) is 11.3 Å². The molecule has 1 aromatic carbocycles. The Kier molecular flexibility index (Phi) is 8.56. The van der Waals surface area contributed by atoms with Crippen molar-refractivity contribution in [2.45, 2.75) is 32.8 Å². The molecule has 0 fully saturated rings. The monoisotopic (exact) mass is 416 g/mol. The zero-order valence-electron chi connectivity index (χ0n) is 18.5. The third-order valence-corrected chi connectivity index (χ3v) is 4.51. The van der Waals surface area contributed by atoms with Gasteiger partial charge in [0.2, 0.25) is 11.8 Å². The number of hydrogen-bond acceptors (Lipinski definition) is 5. The molecule has 1 aromatic heterocycles. The molecule has 2 amide bonds. The van der Waals surface area contributed by atoms with Crippen molar-refractivity contribution in [3.8, 4) is 0 Å². The maximum atomic E-state index is 12.6. The lowest BCUT2D eigenvalue weighted by Gasteiger charge is -2.22. The third-order valence-electron chi connectivity index (χ3n) is 4.51. The topological polar surface area (TPSA) is 85.7 Å². The Morgan fingerprint density at radius 1 is 1.20 bits per heavy atom. The molecule has 30 heavy (non-hydrogen) atoms. The SMILES string of the molecule is COCCN(CC(=O)Nc1cc(C(C)(C)C)nn1C)C(=O)COCc1ccccc1. The molecule has 0 saturated heterocycles. The molecule has 1 heterocycles. The third kappa shape index (κ3) is 7.27. The average Bonchev–Trinajstić information content (AvgIpc) is 3.06. The minimum absolute atomic E-state index is 0.0904. The van der Waals surface area contributed by atoms with Gasteiger partial charge in [0.15, 0.2) is 0 Å². The number of benzene rings is 1. The number of anilines is 1. The zero-order chi connectivity index (χ0) is 22.1. The van der Waals surface area contributed by atoms with Gasteiger partial charge in [-0.15, -0.1) is 0 Å². The van der Waals surface area contributed by atoms with Crippen molar-refractivity contribution in [2.24, 2.45) is 7.05 Å². The van der Waals surface area contributed by atoms with Gasteiger partial charge < -0.3 is 19.7 Å². The highest BCUT2D eigenvalue weighted by Crippen LogP contribution is 2.23. The molecule has 2 rings (SSSR count). The molecule has 8 heteroatoms. The molecule has 0 aliphatic rings. The van der Waals surface area contributed by atoms with Crippen LogP contribution < -0.4 is 5.32 Å². The first-order valence-electron chi connectivity index (χ1n) is 9.93. The summed E-state index contributed by atoms with van der Waals surface area (Å²) in [6, 6.07) is 11.5. The molecular formula is C22H32N4O4. The number of carbonyl (C=O) groups is 2. The van der Waals surface area contributed by atoms with E-state index in [1.807, 2.05) is 36.4 Å². The summed E-state index contributed by atoms with van der Waals surface area (Å²) in [7, 11) is 3.33. The lowest BCUT2D eigenvalue weighted by Crippen LogP contribution is -2.42. The number of aromatic nitrogens is 2. The van der Waals surface area contributed by atoms with E-state index >= 15 is 0 Å². The molecule has 0 spiro atoms. The summed E-state index contributed by atoms with van der Waals surface area (Å²) in [4.78, 5) is 26.6. The van der Waals surface area contributed by atoms with Crippen molar-refractivity contribution in [1.82, 2.24) is 14.7 Å². The van der Waals surface area contributed by atoms with Crippen LogP contribution in [0.3, 0.4) is 0 Å². The van der Waals surface area contributed by atoms with Crippen LogP contribution in [0, 0.1) is 0 Å². The van der Waals surface area contributed by atoms with Gasteiger partial charge in [-0.05, 0) is 5.56 Å². The molecule has 2 aromatic rings. The van der Waals surface area contributed by atoms with Crippen LogP contribution in [0.2, 0.25) is 0 Å². The molecule has 0 bridgehead atoms. The van der Waals surface area contributed by atoms with Crippen LogP contribution in [-0.4, -0.2) is 59.9 Å². The summed E-state index contributed by atoms with van der Waals surface area (Å²) in [5.41, 5.74) is 1.73. The van der Waals surface area contributed by atoms with Crippen LogP contribution >= 0.6 is 0 Å². The minimum atomic E-state index is -0.300. The van der Waals surface area contributed by atoms with Crippen LogP contribution in [0.15, 0.2) is 36.4 Å². The first-order valence-corrected chi connectivity index (χ1v) is 9.93. The highest BCUT2D eigenvalue weighted by atomic mass is 16.5. The van der Waals surface area contributed by atoms with Gasteiger partial charge in [0, 0.05) is 32.2 Å². The smallest absolute Gasteiger partial charge is 0.249 e. The van der Waals surface area contributed by atoms with E-state index in [2.05, 4.69) is 31.2 Å². The van der Waals surface area contributed by atoms with E-state index in [1.54, 1.807) is 18.8 Å². The Labute approximate surface area is 178 Å². The molecule has 0 atom stereocenters. The number of rotatable bonds is 10. The maximum absolute atomic E-state index is 12.6. The molecule has 0 aliphatic heterocycles. The number of nitrogens with one attached hydrogen (secondary N) is 1. The summed E-state index contributed by atoms with van der Waals surface area (Å²) in [6.07, 6.45) is 0. The van der Waals surface area contributed by atoms with Crippen LogP contribution in [0.25, 0.3) is 0 Å². The highest BCUT2D eigenvalue weighted by molar-refractivity contribution is 5.94. The fourth-order valence-corrected chi connectivity index (χ4v) is 2.72. The van der Waals surface area contributed by atoms with Gasteiger partial charge in [-0.1, -0.05) is 51.1 Å². The number of aryl methyl sites for hydroxylation is 1. The fourth-order valence-electron chi connectivity index (χ4n) is 2.72. The van der Waals surface area contributed by atoms with Crippen molar-refractivity contribution < 1.29 is 19.1 Å². The Bertz CT molecular complexity index is 827. The number of nitrogens with zero attached hydrogens (tertiary/aromatic N) is 3. The Balaban J connectivity index is 1.93. The summed E-state index contributed by atoms with van der Waals surface area (Å²) in [5, 5.41) is 7.28. The first-order chi connectivity index (χ1) is 14.2. The average molecular weight is 417 g/mol. The van der Waals surface area contributed by atoms with Gasteiger partial charge in [-0.25, -0.2) is 0 Å². The number of amides is 2. The predicted molar refractivity (Wildman–Crippen MR) is 115 cm³/mol. The fraction of sp³-hybridized carbons (Fsp3) is 0.500. The van der Waals surface area contributed by atoms with Crippen LogP contribution in [0.5, 0.6) is 0 Å². The summed E-state index contributed by atoms with van der Waals surface area (Å²) < 4.78 is 12.2. The summed E-state index contributed by atoms with van der Waals surface area (Å²) >= 11 is 0. The Morgan fingerprint density at radius 3 is 2.50 bits per heavy atom. The van der Waals surface area contributed by atoms with Gasteiger partial charge in [0.05, 0.1) is 18.9 Å². The lowest BCUT2D eigenvalue weighted by molar-refractivity contribution is -0.139.